The van der Waals surface area contributed by atoms with E-state index in [1.807, 2.05) is 24.0 Å². The van der Waals surface area contributed by atoms with Crippen LogP contribution in [0.4, 0.5) is 5.69 Å². The summed E-state index contributed by atoms with van der Waals surface area (Å²) in [6, 6.07) is 9.35. The molecule has 1 rings (SSSR count). The summed E-state index contributed by atoms with van der Waals surface area (Å²) in [5.74, 6) is -0.0715. The second-order valence-corrected chi connectivity index (χ2v) is 4.53. The molecule has 0 aromatic heterocycles. The van der Waals surface area contributed by atoms with E-state index in [-0.39, 0.29) is 12.5 Å². The molecule has 2 N–H and O–H groups in total. The first-order valence-corrected chi connectivity index (χ1v) is 6.78. The van der Waals surface area contributed by atoms with Crippen molar-refractivity contribution in [1.29, 1.82) is 5.26 Å². The molecule has 0 aliphatic rings. The fourth-order valence-electron chi connectivity index (χ4n) is 1.84. The van der Waals surface area contributed by atoms with Gasteiger partial charge in [0, 0.05) is 18.8 Å². The van der Waals surface area contributed by atoms with Crippen LogP contribution in [-0.4, -0.2) is 42.2 Å². The highest BCUT2D eigenvalue weighted by molar-refractivity contribution is 5.92. The fourth-order valence-corrected chi connectivity index (χ4v) is 1.84. The molecule has 0 aliphatic heterocycles. The molecule has 108 valence electrons. The standard InChI is InChI=1S/C15H21N3O2/c1-2-18(10-3-11-19)12-15(20)17-14-6-4-13(5-7-14)8-9-16/h4-7,19H,2-3,8,10-12H2,1H3,(H,17,20). The molecule has 0 heterocycles. The van der Waals surface area contributed by atoms with Gasteiger partial charge in [0.05, 0.1) is 19.0 Å². The van der Waals surface area contributed by atoms with Crippen molar-refractivity contribution in [3.05, 3.63) is 29.8 Å². The zero-order valence-electron chi connectivity index (χ0n) is 11.8. The number of rotatable bonds is 8. The molecule has 0 radical (unpaired) electrons. The van der Waals surface area contributed by atoms with E-state index in [1.165, 1.54) is 0 Å². The Labute approximate surface area is 119 Å². The number of hydrogen-bond acceptors (Lipinski definition) is 4. The number of anilines is 1. The van der Waals surface area contributed by atoms with Crippen molar-refractivity contribution in [3.63, 3.8) is 0 Å². The Kier molecular flexibility index (Phi) is 7.33. The van der Waals surface area contributed by atoms with Crippen molar-refractivity contribution in [2.75, 3.05) is 31.6 Å². The Bertz CT molecular complexity index is 451. The van der Waals surface area contributed by atoms with E-state index in [2.05, 4.69) is 11.4 Å². The van der Waals surface area contributed by atoms with Crippen LogP contribution in [0, 0.1) is 11.3 Å². The van der Waals surface area contributed by atoms with Gasteiger partial charge in [0.2, 0.25) is 5.91 Å². The van der Waals surface area contributed by atoms with Gasteiger partial charge < -0.3 is 10.4 Å². The van der Waals surface area contributed by atoms with Gasteiger partial charge in [0.15, 0.2) is 0 Å². The van der Waals surface area contributed by atoms with Gasteiger partial charge in [-0.15, -0.1) is 0 Å². The van der Waals surface area contributed by atoms with E-state index >= 15 is 0 Å². The minimum absolute atomic E-state index is 0.0715. The first kappa shape index (κ1) is 16.2. The van der Waals surface area contributed by atoms with Gasteiger partial charge >= 0.3 is 0 Å². The molecule has 5 nitrogen and oxygen atoms in total. The molecule has 1 aromatic carbocycles. The predicted molar refractivity (Wildman–Crippen MR) is 78.2 cm³/mol. The number of amides is 1. The smallest absolute Gasteiger partial charge is 0.238 e. The lowest BCUT2D eigenvalue weighted by molar-refractivity contribution is -0.117. The maximum atomic E-state index is 11.9. The molecule has 20 heavy (non-hydrogen) atoms. The lowest BCUT2D eigenvalue weighted by atomic mass is 10.1. The van der Waals surface area contributed by atoms with Gasteiger partial charge in [-0.1, -0.05) is 19.1 Å². The molecule has 0 unspecified atom stereocenters. The number of nitriles is 1. The summed E-state index contributed by atoms with van der Waals surface area (Å²) in [4.78, 5) is 13.9. The summed E-state index contributed by atoms with van der Waals surface area (Å²) in [5.41, 5.74) is 1.67. The van der Waals surface area contributed by atoms with E-state index in [0.717, 1.165) is 17.8 Å². The summed E-state index contributed by atoms with van der Waals surface area (Å²) in [6.07, 6.45) is 1.04. The number of likely N-dealkylation sites (N-methyl/N-ethyl adjacent to an activating group) is 1. The molecule has 0 bridgehead atoms. The molecule has 1 aromatic rings. The molecular formula is C15H21N3O2. The van der Waals surface area contributed by atoms with Crippen LogP contribution in [0.25, 0.3) is 0 Å². The number of hydrogen-bond donors (Lipinski definition) is 2. The maximum absolute atomic E-state index is 11.9. The highest BCUT2D eigenvalue weighted by Gasteiger charge is 2.08. The zero-order valence-corrected chi connectivity index (χ0v) is 11.8. The zero-order chi connectivity index (χ0) is 14.8. The SMILES string of the molecule is CCN(CCCO)CC(=O)Nc1ccc(CC#N)cc1. The van der Waals surface area contributed by atoms with Gasteiger partial charge in [-0.2, -0.15) is 5.26 Å². The summed E-state index contributed by atoms with van der Waals surface area (Å²) >= 11 is 0. The highest BCUT2D eigenvalue weighted by atomic mass is 16.3. The molecular weight excluding hydrogens is 254 g/mol. The Morgan fingerprint density at radius 2 is 2.10 bits per heavy atom. The molecule has 0 saturated carbocycles. The average molecular weight is 275 g/mol. The molecule has 0 spiro atoms. The van der Waals surface area contributed by atoms with E-state index in [1.54, 1.807) is 12.1 Å². The topological polar surface area (TPSA) is 76.4 Å². The van der Waals surface area contributed by atoms with Crippen LogP contribution in [0.2, 0.25) is 0 Å². The van der Waals surface area contributed by atoms with Crippen LogP contribution in [-0.2, 0) is 11.2 Å². The molecule has 5 heteroatoms. The van der Waals surface area contributed by atoms with Crippen molar-refractivity contribution in [1.82, 2.24) is 4.90 Å². The average Bonchev–Trinajstić information content (AvgIpc) is 2.45. The Balaban J connectivity index is 2.46. The van der Waals surface area contributed by atoms with Crippen molar-refractivity contribution in [2.45, 2.75) is 19.8 Å². The van der Waals surface area contributed by atoms with Gasteiger partial charge in [0.1, 0.15) is 0 Å². The van der Waals surface area contributed by atoms with Crippen LogP contribution < -0.4 is 5.32 Å². The second-order valence-electron chi connectivity index (χ2n) is 4.53. The number of carbonyl (C=O) groups is 1. The summed E-state index contributed by atoms with van der Waals surface area (Å²) in [7, 11) is 0. The van der Waals surface area contributed by atoms with Crippen LogP contribution in [0.15, 0.2) is 24.3 Å². The van der Waals surface area contributed by atoms with Gasteiger partial charge in [-0.25, -0.2) is 0 Å². The number of nitrogens with zero attached hydrogens (tertiary/aromatic N) is 2. The van der Waals surface area contributed by atoms with Crippen molar-refractivity contribution in [2.24, 2.45) is 0 Å². The van der Waals surface area contributed by atoms with Gasteiger partial charge in [-0.3, -0.25) is 9.69 Å². The summed E-state index contributed by atoms with van der Waals surface area (Å²) < 4.78 is 0. The Morgan fingerprint density at radius 1 is 1.40 bits per heavy atom. The van der Waals surface area contributed by atoms with Crippen LogP contribution in [0.3, 0.4) is 0 Å². The van der Waals surface area contributed by atoms with Crippen LogP contribution in [0.1, 0.15) is 18.9 Å². The predicted octanol–water partition coefficient (Wildman–Crippen LogP) is 1.40. The number of aliphatic hydroxyl groups excluding tert-OH is 1. The molecule has 1 amide bonds. The van der Waals surface area contributed by atoms with E-state index in [4.69, 9.17) is 10.4 Å². The van der Waals surface area contributed by atoms with Gasteiger partial charge in [-0.05, 0) is 30.7 Å². The quantitative estimate of drug-likeness (QED) is 0.752. The number of aliphatic hydroxyl groups is 1. The molecule has 0 aliphatic carbocycles. The number of nitrogens with one attached hydrogen (secondary N) is 1. The minimum Gasteiger partial charge on any atom is -0.396 e. The highest BCUT2D eigenvalue weighted by Crippen LogP contribution is 2.10. The van der Waals surface area contributed by atoms with E-state index in [0.29, 0.717) is 25.9 Å². The number of carbonyl (C=O) groups excluding carboxylic acids is 1. The van der Waals surface area contributed by atoms with Crippen LogP contribution in [0.5, 0.6) is 0 Å². The third-order valence-corrected chi connectivity index (χ3v) is 2.97. The first-order chi connectivity index (χ1) is 9.69. The Hall–Kier alpha value is -1.90. The third kappa shape index (κ3) is 5.83. The monoisotopic (exact) mass is 275 g/mol. The van der Waals surface area contributed by atoms with Gasteiger partial charge in [0.25, 0.3) is 0 Å². The van der Waals surface area contributed by atoms with E-state index in [9.17, 15) is 4.79 Å². The molecule has 0 saturated heterocycles. The lowest BCUT2D eigenvalue weighted by Crippen LogP contribution is -2.34. The van der Waals surface area contributed by atoms with Crippen molar-refractivity contribution >= 4 is 11.6 Å². The second kappa shape index (κ2) is 9.08. The largest absolute Gasteiger partial charge is 0.396 e. The lowest BCUT2D eigenvalue weighted by Gasteiger charge is -2.19. The van der Waals surface area contributed by atoms with E-state index < -0.39 is 0 Å². The molecule has 0 atom stereocenters. The first-order valence-electron chi connectivity index (χ1n) is 6.78. The van der Waals surface area contributed by atoms with Crippen molar-refractivity contribution < 1.29 is 9.90 Å². The maximum Gasteiger partial charge on any atom is 0.238 e. The normalized spacial score (nSPS) is 10.3. The Morgan fingerprint density at radius 3 is 2.65 bits per heavy atom. The summed E-state index contributed by atoms with van der Waals surface area (Å²) in [5, 5.41) is 20.2. The minimum atomic E-state index is -0.0715. The fraction of sp³-hybridized carbons (Fsp3) is 0.467. The third-order valence-electron chi connectivity index (χ3n) is 2.97. The summed E-state index contributed by atoms with van der Waals surface area (Å²) in [6.45, 7) is 3.92. The van der Waals surface area contributed by atoms with Crippen molar-refractivity contribution in [3.8, 4) is 6.07 Å². The van der Waals surface area contributed by atoms with Crippen LogP contribution >= 0.6 is 0 Å². The number of benzene rings is 1. The molecule has 0 fully saturated rings.